The lowest BCUT2D eigenvalue weighted by atomic mass is 9.93. The van der Waals surface area contributed by atoms with Crippen molar-refractivity contribution in [1.82, 2.24) is 15.1 Å². The Morgan fingerprint density at radius 3 is 2.61 bits per heavy atom. The Balaban J connectivity index is 1.87. The zero-order chi connectivity index (χ0) is 22.3. The third kappa shape index (κ3) is 3.70. The van der Waals surface area contributed by atoms with E-state index in [1.165, 1.54) is 5.56 Å². The van der Waals surface area contributed by atoms with Crippen LogP contribution in [0.5, 0.6) is 5.75 Å². The quantitative estimate of drug-likeness (QED) is 0.562. The topological polar surface area (TPSA) is 78.5 Å². The van der Waals surface area contributed by atoms with Crippen molar-refractivity contribution in [3.8, 4) is 17.0 Å². The van der Waals surface area contributed by atoms with Crippen LogP contribution in [0.25, 0.3) is 11.3 Å². The summed E-state index contributed by atoms with van der Waals surface area (Å²) in [5.41, 5.74) is 5.18. The van der Waals surface area contributed by atoms with E-state index < -0.39 is 0 Å². The lowest BCUT2D eigenvalue weighted by Crippen LogP contribution is -2.32. The molecule has 3 aromatic rings. The van der Waals surface area contributed by atoms with Crippen molar-refractivity contribution in [2.45, 2.75) is 32.7 Å². The molecule has 1 aliphatic rings. The van der Waals surface area contributed by atoms with Gasteiger partial charge in [-0.25, -0.2) is 0 Å². The molecule has 0 fully saturated rings. The number of H-pyrrole nitrogens is 1. The van der Waals surface area contributed by atoms with Crippen LogP contribution < -0.4 is 0 Å². The maximum atomic E-state index is 13.2. The Labute approximate surface area is 186 Å². The standard InChI is InChI=1S/C24H26ClN3O3/c1-13(2)15-5-7-16(8-6-15)23-20-21(17-12-18(25)14(3)11-19(17)29)26-27-22(20)24(30)28(23)9-10-31-4/h5-8,11-13,23,29H,9-10H2,1-4H3,(H,26,27). The van der Waals surface area contributed by atoms with Crippen molar-refractivity contribution in [2.24, 2.45) is 0 Å². The lowest BCUT2D eigenvalue weighted by Gasteiger charge is -2.26. The predicted molar refractivity (Wildman–Crippen MR) is 121 cm³/mol. The first kappa shape index (κ1) is 21.4. The molecule has 162 valence electrons. The number of phenolic OH excluding ortho intramolecular Hbond substituents is 1. The van der Waals surface area contributed by atoms with Gasteiger partial charge in [-0.3, -0.25) is 9.89 Å². The summed E-state index contributed by atoms with van der Waals surface area (Å²) in [5, 5.41) is 18.4. The fourth-order valence-corrected chi connectivity index (χ4v) is 4.25. The molecular weight excluding hydrogens is 414 g/mol. The second-order valence-corrected chi connectivity index (χ2v) is 8.60. The summed E-state index contributed by atoms with van der Waals surface area (Å²) in [4.78, 5) is 15.0. The zero-order valence-corrected chi connectivity index (χ0v) is 18.8. The molecule has 2 aromatic carbocycles. The van der Waals surface area contributed by atoms with Crippen LogP contribution in [0.4, 0.5) is 0 Å². The van der Waals surface area contributed by atoms with Crippen LogP contribution in [0.15, 0.2) is 36.4 Å². The Morgan fingerprint density at radius 1 is 1.26 bits per heavy atom. The number of hydrogen-bond donors (Lipinski definition) is 2. The summed E-state index contributed by atoms with van der Waals surface area (Å²) in [7, 11) is 1.62. The maximum Gasteiger partial charge on any atom is 0.273 e. The summed E-state index contributed by atoms with van der Waals surface area (Å²) in [6.07, 6.45) is 0. The summed E-state index contributed by atoms with van der Waals surface area (Å²) >= 11 is 6.34. The molecule has 1 aromatic heterocycles. The first-order valence-electron chi connectivity index (χ1n) is 10.3. The highest BCUT2D eigenvalue weighted by Gasteiger charge is 2.42. The summed E-state index contributed by atoms with van der Waals surface area (Å²) in [6.45, 7) is 6.98. The Hall–Kier alpha value is -2.83. The van der Waals surface area contributed by atoms with Crippen molar-refractivity contribution in [3.63, 3.8) is 0 Å². The lowest BCUT2D eigenvalue weighted by molar-refractivity contribution is 0.0677. The summed E-state index contributed by atoms with van der Waals surface area (Å²) in [6, 6.07) is 11.3. The largest absolute Gasteiger partial charge is 0.507 e. The molecule has 0 spiro atoms. The Bertz CT molecular complexity index is 1120. The Kier molecular flexibility index (Phi) is 5.77. The van der Waals surface area contributed by atoms with Crippen LogP contribution >= 0.6 is 11.6 Å². The van der Waals surface area contributed by atoms with Crippen LogP contribution in [-0.2, 0) is 4.74 Å². The summed E-state index contributed by atoms with van der Waals surface area (Å²) < 4.78 is 5.25. The number of methoxy groups -OCH3 is 1. The number of halogens is 1. The predicted octanol–water partition coefficient (Wildman–Crippen LogP) is 5.06. The molecule has 0 radical (unpaired) electrons. The maximum absolute atomic E-state index is 13.2. The number of amides is 1. The molecule has 7 heteroatoms. The molecule has 0 saturated carbocycles. The molecule has 0 aliphatic carbocycles. The van der Waals surface area contributed by atoms with E-state index in [2.05, 4.69) is 48.3 Å². The van der Waals surface area contributed by atoms with E-state index in [0.29, 0.717) is 41.0 Å². The van der Waals surface area contributed by atoms with Gasteiger partial charge in [-0.1, -0.05) is 49.7 Å². The average molecular weight is 440 g/mol. The van der Waals surface area contributed by atoms with Crippen molar-refractivity contribution >= 4 is 17.5 Å². The van der Waals surface area contributed by atoms with Crippen LogP contribution in [0.2, 0.25) is 5.02 Å². The number of aromatic amines is 1. The third-order valence-electron chi connectivity index (χ3n) is 5.85. The second kappa shape index (κ2) is 8.36. The van der Waals surface area contributed by atoms with Gasteiger partial charge in [0, 0.05) is 29.8 Å². The number of nitrogens with one attached hydrogen (secondary N) is 1. The summed E-state index contributed by atoms with van der Waals surface area (Å²) in [5.74, 6) is 0.352. The van der Waals surface area contributed by atoms with Crippen molar-refractivity contribution in [1.29, 1.82) is 0 Å². The fourth-order valence-electron chi connectivity index (χ4n) is 4.09. The van der Waals surface area contributed by atoms with Crippen molar-refractivity contribution < 1.29 is 14.6 Å². The van der Waals surface area contributed by atoms with Gasteiger partial charge >= 0.3 is 0 Å². The second-order valence-electron chi connectivity index (χ2n) is 8.19. The number of fused-ring (bicyclic) bond motifs is 1. The number of aromatic hydroxyl groups is 1. The number of carbonyl (C=O) groups excluding carboxylic acids is 1. The van der Waals surface area contributed by atoms with E-state index in [9.17, 15) is 9.90 Å². The number of ether oxygens (including phenoxy) is 1. The highest BCUT2D eigenvalue weighted by molar-refractivity contribution is 6.31. The monoisotopic (exact) mass is 439 g/mol. The van der Waals surface area contributed by atoms with Crippen LogP contribution in [0, 0.1) is 6.92 Å². The molecule has 1 atom stereocenters. The molecule has 6 nitrogen and oxygen atoms in total. The molecule has 31 heavy (non-hydrogen) atoms. The number of benzene rings is 2. The van der Waals surface area contributed by atoms with Gasteiger partial charge in [0.15, 0.2) is 0 Å². The smallest absolute Gasteiger partial charge is 0.273 e. The number of carbonyl (C=O) groups is 1. The van der Waals surface area contributed by atoms with Gasteiger partial charge in [-0.15, -0.1) is 0 Å². The zero-order valence-electron chi connectivity index (χ0n) is 18.1. The highest BCUT2D eigenvalue weighted by Crippen LogP contribution is 2.45. The van der Waals surface area contributed by atoms with Gasteiger partial charge in [0.05, 0.1) is 12.6 Å². The normalized spacial score (nSPS) is 15.7. The minimum Gasteiger partial charge on any atom is -0.507 e. The average Bonchev–Trinajstić information content (AvgIpc) is 3.28. The SMILES string of the molecule is COCCN1C(=O)c2[nH]nc(-c3cc(Cl)c(C)cc3O)c2C1c1ccc(C(C)C)cc1. The van der Waals surface area contributed by atoms with Gasteiger partial charge in [-0.2, -0.15) is 5.10 Å². The molecule has 2 heterocycles. The molecule has 1 aliphatic heterocycles. The van der Waals surface area contributed by atoms with E-state index >= 15 is 0 Å². The number of aryl methyl sites for hydroxylation is 1. The number of hydrogen-bond acceptors (Lipinski definition) is 4. The molecule has 1 amide bonds. The van der Waals surface area contributed by atoms with Gasteiger partial charge < -0.3 is 14.7 Å². The third-order valence-corrected chi connectivity index (χ3v) is 6.26. The molecule has 1 unspecified atom stereocenters. The Morgan fingerprint density at radius 2 is 1.97 bits per heavy atom. The van der Waals surface area contributed by atoms with Crippen LogP contribution in [0.3, 0.4) is 0 Å². The number of aromatic nitrogens is 2. The number of nitrogens with zero attached hydrogens (tertiary/aromatic N) is 2. The molecule has 0 bridgehead atoms. The number of phenols is 1. The van der Waals surface area contributed by atoms with Crippen molar-refractivity contribution in [2.75, 3.05) is 20.3 Å². The van der Waals surface area contributed by atoms with E-state index in [-0.39, 0.29) is 17.7 Å². The van der Waals surface area contributed by atoms with Gasteiger partial charge in [0.1, 0.15) is 17.1 Å². The number of rotatable bonds is 6. The van der Waals surface area contributed by atoms with Gasteiger partial charge in [-0.05, 0) is 41.7 Å². The van der Waals surface area contributed by atoms with E-state index in [1.807, 2.05) is 6.92 Å². The minimum atomic E-state index is -0.341. The van der Waals surface area contributed by atoms with E-state index in [4.69, 9.17) is 16.3 Å². The van der Waals surface area contributed by atoms with E-state index in [0.717, 1.165) is 16.7 Å². The molecule has 0 saturated heterocycles. The van der Waals surface area contributed by atoms with Gasteiger partial charge in [0.2, 0.25) is 0 Å². The van der Waals surface area contributed by atoms with Crippen LogP contribution in [0.1, 0.15) is 58.5 Å². The van der Waals surface area contributed by atoms with Gasteiger partial charge in [0.25, 0.3) is 5.91 Å². The minimum absolute atomic E-state index is 0.0768. The molecule has 2 N–H and O–H groups in total. The first-order valence-corrected chi connectivity index (χ1v) is 10.7. The van der Waals surface area contributed by atoms with Crippen LogP contribution in [-0.4, -0.2) is 46.4 Å². The molecular formula is C24H26ClN3O3. The molecule has 4 rings (SSSR count). The van der Waals surface area contributed by atoms with E-state index in [1.54, 1.807) is 24.1 Å². The highest BCUT2D eigenvalue weighted by atomic mass is 35.5. The fraction of sp³-hybridized carbons (Fsp3) is 0.333. The first-order chi connectivity index (χ1) is 14.8. The van der Waals surface area contributed by atoms with Crippen molar-refractivity contribution in [3.05, 3.63) is 69.4 Å².